The SMILES string of the molecule is CCCOCCC(CNC(C)(C)C)c1ccc(Br)cc1. The van der Waals surface area contributed by atoms with E-state index in [1.54, 1.807) is 0 Å². The number of rotatable bonds is 8. The fourth-order valence-electron chi connectivity index (χ4n) is 2.02. The summed E-state index contributed by atoms with van der Waals surface area (Å²) in [6.07, 6.45) is 2.15. The molecule has 20 heavy (non-hydrogen) atoms. The lowest BCUT2D eigenvalue weighted by molar-refractivity contribution is 0.126. The van der Waals surface area contributed by atoms with Crippen molar-refractivity contribution >= 4 is 15.9 Å². The fraction of sp³-hybridized carbons (Fsp3) is 0.647. The predicted octanol–water partition coefficient (Wildman–Crippen LogP) is 4.74. The molecule has 0 aromatic heterocycles. The van der Waals surface area contributed by atoms with Gasteiger partial charge in [0.05, 0.1) is 0 Å². The predicted molar refractivity (Wildman–Crippen MR) is 90.4 cm³/mol. The van der Waals surface area contributed by atoms with Crippen molar-refractivity contribution in [3.05, 3.63) is 34.3 Å². The van der Waals surface area contributed by atoms with Crippen LogP contribution in [0, 0.1) is 0 Å². The van der Waals surface area contributed by atoms with Crippen molar-refractivity contribution in [3.8, 4) is 0 Å². The van der Waals surface area contributed by atoms with E-state index in [1.807, 2.05) is 0 Å². The maximum absolute atomic E-state index is 5.65. The molecule has 0 saturated carbocycles. The van der Waals surface area contributed by atoms with Crippen LogP contribution >= 0.6 is 15.9 Å². The maximum atomic E-state index is 5.65. The number of nitrogens with one attached hydrogen (secondary N) is 1. The maximum Gasteiger partial charge on any atom is 0.0472 e. The second-order valence-corrected chi connectivity index (χ2v) is 7.20. The summed E-state index contributed by atoms with van der Waals surface area (Å²) >= 11 is 3.50. The minimum atomic E-state index is 0.151. The number of halogens is 1. The van der Waals surface area contributed by atoms with Crippen LogP contribution in [0.2, 0.25) is 0 Å². The molecule has 0 bridgehead atoms. The first-order chi connectivity index (χ1) is 9.42. The van der Waals surface area contributed by atoms with E-state index in [0.717, 1.165) is 37.1 Å². The highest BCUT2D eigenvalue weighted by atomic mass is 79.9. The monoisotopic (exact) mass is 341 g/mol. The molecule has 0 aliphatic carbocycles. The highest BCUT2D eigenvalue weighted by molar-refractivity contribution is 9.10. The number of ether oxygens (including phenoxy) is 1. The first-order valence-corrected chi connectivity index (χ1v) is 8.30. The van der Waals surface area contributed by atoms with E-state index in [4.69, 9.17) is 4.74 Å². The van der Waals surface area contributed by atoms with Crippen LogP contribution < -0.4 is 5.32 Å². The fourth-order valence-corrected chi connectivity index (χ4v) is 2.29. The van der Waals surface area contributed by atoms with Crippen LogP contribution in [0.15, 0.2) is 28.7 Å². The van der Waals surface area contributed by atoms with E-state index in [9.17, 15) is 0 Å². The van der Waals surface area contributed by atoms with Gasteiger partial charge in [-0.3, -0.25) is 0 Å². The van der Waals surface area contributed by atoms with Gasteiger partial charge in [-0.05, 0) is 57.2 Å². The molecular formula is C17H28BrNO. The molecule has 1 unspecified atom stereocenters. The normalized spacial score (nSPS) is 13.4. The van der Waals surface area contributed by atoms with Gasteiger partial charge in [0.1, 0.15) is 0 Å². The van der Waals surface area contributed by atoms with E-state index >= 15 is 0 Å². The summed E-state index contributed by atoms with van der Waals surface area (Å²) in [5, 5.41) is 3.61. The zero-order chi connectivity index (χ0) is 15.0. The Bertz CT molecular complexity index is 370. The van der Waals surface area contributed by atoms with E-state index in [-0.39, 0.29) is 5.54 Å². The summed E-state index contributed by atoms with van der Waals surface area (Å²) in [5.41, 5.74) is 1.53. The molecule has 3 heteroatoms. The summed E-state index contributed by atoms with van der Waals surface area (Å²) in [7, 11) is 0. The molecule has 0 saturated heterocycles. The standard InChI is InChI=1S/C17H28BrNO/c1-5-11-20-12-10-15(13-19-17(2,3)4)14-6-8-16(18)9-7-14/h6-9,15,19H,5,10-13H2,1-4H3. The Morgan fingerprint density at radius 2 is 1.80 bits per heavy atom. The molecule has 1 aromatic rings. The van der Waals surface area contributed by atoms with Gasteiger partial charge in [-0.15, -0.1) is 0 Å². The average Bonchev–Trinajstić information content (AvgIpc) is 2.38. The van der Waals surface area contributed by atoms with Gasteiger partial charge in [0, 0.05) is 29.8 Å². The van der Waals surface area contributed by atoms with Crippen molar-refractivity contribution in [2.45, 2.75) is 52.0 Å². The summed E-state index contributed by atoms with van der Waals surface area (Å²) in [6.45, 7) is 11.5. The molecule has 1 N–H and O–H groups in total. The lowest BCUT2D eigenvalue weighted by Gasteiger charge is -2.25. The number of hydrogen-bond acceptors (Lipinski definition) is 2. The van der Waals surface area contributed by atoms with Crippen LogP contribution in [0.5, 0.6) is 0 Å². The molecule has 0 radical (unpaired) electrons. The van der Waals surface area contributed by atoms with E-state index in [2.05, 4.69) is 73.2 Å². The van der Waals surface area contributed by atoms with Gasteiger partial charge in [0.25, 0.3) is 0 Å². The first-order valence-electron chi connectivity index (χ1n) is 7.50. The lowest BCUT2D eigenvalue weighted by Crippen LogP contribution is -2.38. The summed E-state index contributed by atoms with van der Waals surface area (Å²) in [6, 6.07) is 8.65. The quantitative estimate of drug-likeness (QED) is 0.689. The Morgan fingerprint density at radius 3 is 2.35 bits per heavy atom. The van der Waals surface area contributed by atoms with Crippen LogP contribution in [0.25, 0.3) is 0 Å². The smallest absolute Gasteiger partial charge is 0.0472 e. The van der Waals surface area contributed by atoms with E-state index < -0.39 is 0 Å². The Kier molecular flexibility index (Phi) is 7.78. The van der Waals surface area contributed by atoms with Gasteiger partial charge in [0.15, 0.2) is 0 Å². The van der Waals surface area contributed by atoms with Crippen molar-refractivity contribution in [2.24, 2.45) is 0 Å². The molecule has 1 aromatic carbocycles. The third-order valence-corrected chi connectivity index (χ3v) is 3.71. The van der Waals surface area contributed by atoms with Gasteiger partial charge in [-0.25, -0.2) is 0 Å². The van der Waals surface area contributed by atoms with Crippen LogP contribution in [0.1, 0.15) is 52.0 Å². The largest absolute Gasteiger partial charge is 0.381 e. The van der Waals surface area contributed by atoms with Gasteiger partial charge in [-0.1, -0.05) is 35.0 Å². The van der Waals surface area contributed by atoms with Gasteiger partial charge in [-0.2, -0.15) is 0 Å². The van der Waals surface area contributed by atoms with Crippen LogP contribution in [-0.2, 0) is 4.74 Å². The Balaban J connectivity index is 2.60. The van der Waals surface area contributed by atoms with Crippen molar-refractivity contribution < 1.29 is 4.74 Å². The number of hydrogen-bond donors (Lipinski definition) is 1. The van der Waals surface area contributed by atoms with Gasteiger partial charge in [0.2, 0.25) is 0 Å². The van der Waals surface area contributed by atoms with Crippen LogP contribution in [-0.4, -0.2) is 25.3 Å². The highest BCUT2D eigenvalue weighted by Gasteiger charge is 2.16. The van der Waals surface area contributed by atoms with E-state index in [0.29, 0.717) is 5.92 Å². The van der Waals surface area contributed by atoms with E-state index in [1.165, 1.54) is 5.56 Å². The minimum absolute atomic E-state index is 0.151. The second kappa shape index (κ2) is 8.81. The topological polar surface area (TPSA) is 21.3 Å². The molecule has 0 heterocycles. The third kappa shape index (κ3) is 7.41. The molecule has 0 fully saturated rings. The molecule has 0 spiro atoms. The van der Waals surface area contributed by atoms with Gasteiger partial charge < -0.3 is 10.1 Å². The lowest BCUT2D eigenvalue weighted by atomic mass is 9.95. The number of benzene rings is 1. The summed E-state index contributed by atoms with van der Waals surface area (Å²) in [4.78, 5) is 0. The molecule has 2 nitrogen and oxygen atoms in total. The first kappa shape index (κ1) is 17.7. The minimum Gasteiger partial charge on any atom is -0.381 e. The van der Waals surface area contributed by atoms with Crippen molar-refractivity contribution in [1.29, 1.82) is 0 Å². The summed E-state index contributed by atoms with van der Waals surface area (Å²) < 4.78 is 6.78. The third-order valence-electron chi connectivity index (χ3n) is 3.18. The zero-order valence-electron chi connectivity index (χ0n) is 13.2. The Labute approximate surface area is 132 Å². The molecule has 1 atom stereocenters. The van der Waals surface area contributed by atoms with Gasteiger partial charge >= 0.3 is 0 Å². The molecule has 114 valence electrons. The zero-order valence-corrected chi connectivity index (χ0v) is 14.8. The average molecular weight is 342 g/mol. The molecule has 0 aliphatic heterocycles. The van der Waals surface area contributed by atoms with Crippen LogP contribution in [0.3, 0.4) is 0 Å². The van der Waals surface area contributed by atoms with Crippen molar-refractivity contribution in [2.75, 3.05) is 19.8 Å². The highest BCUT2D eigenvalue weighted by Crippen LogP contribution is 2.22. The molecular weight excluding hydrogens is 314 g/mol. The summed E-state index contributed by atoms with van der Waals surface area (Å²) in [5.74, 6) is 0.499. The molecule has 0 aliphatic rings. The van der Waals surface area contributed by atoms with Crippen molar-refractivity contribution in [3.63, 3.8) is 0 Å². The molecule has 1 rings (SSSR count). The Morgan fingerprint density at radius 1 is 1.15 bits per heavy atom. The second-order valence-electron chi connectivity index (χ2n) is 6.28. The molecule has 0 amide bonds. The van der Waals surface area contributed by atoms with Crippen LogP contribution in [0.4, 0.5) is 0 Å². The van der Waals surface area contributed by atoms with Crippen molar-refractivity contribution in [1.82, 2.24) is 5.32 Å². The Hall–Kier alpha value is -0.380.